The second kappa shape index (κ2) is 8.39. The monoisotopic (exact) mass is 475 g/mol. The zero-order chi connectivity index (χ0) is 24.0. The number of carbonyl (C=O) groups is 2. The van der Waals surface area contributed by atoms with Crippen molar-refractivity contribution >= 4 is 39.7 Å². The molecule has 34 heavy (non-hydrogen) atoms. The molecule has 1 unspecified atom stereocenters. The molecule has 2 aromatic heterocycles. The maximum absolute atomic E-state index is 13.7. The second-order valence-electron chi connectivity index (χ2n) is 7.83. The minimum Gasteiger partial charge on any atom is -0.503 e. The summed E-state index contributed by atoms with van der Waals surface area (Å²) in [7, 11) is 3.05. The molecule has 1 amide bonds. The Balaban J connectivity index is 1.66. The van der Waals surface area contributed by atoms with Gasteiger partial charge in [0.05, 0.1) is 19.8 Å². The highest BCUT2D eigenvalue weighted by atomic mass is 32.1. The minimum atomic E-state index is -0.817. The molecule has 0 spiro atoms. The summed E-state index contributed by atoms with van der Waals surface area (Å²) in [4.78, 5) is 29.3. The summed E-state index contributed by atoms with van der Waals surface area (Å²) in [5.41, 5.74) is 1.80. The maximum Gasteiger partial charge on any atom is 0.294 e. The van der Waals surface area contributed by atoms with Crippen molar-refractivity contribution in [2.24, 2.45) is 0 Å². The third kappa shape index (κ3) is 3.34. The lowest BCUT2D eigenvalue weighted by molar-refractivity contribution is -0.117. The number of para-hydroxylation sites is 1. The Hall–Kier alpha value is -4.04. The number of aliphatic hydroxyl groups is 1. The van der Waals surface area contributed by atoms with Gasteiger partial charge in [0.1, 0.15) is 11.8 Å². The van der Waals surface area contributed by atoms with Crippen LogP contribution in [0.25, 0.3) is 11.0 Å². The fourth-order valence-electron chi connectivity index (χ4n) is 4.22. The molecule has 1 aliphatic heterocycles. The number of furan rings is 1. The molecule has 5 rings (SSSR count). The average molecular weight is 476 g/mol. The summed E-state index contributed by atoms with van der Waals surface area (Å²) in [6, 6.07) is 15.0. The lowest BCUT2D eigenvalue weighted by Gasteiger charge is -2.26. The number of Topliss-reactive ketones (excluding diaryl/α,β-unsaturated/α-hetero) is 1. The van der Waals surface area contributed by atoms with Crippen LogP contribution in [0.5, 0.6) is 11.5 Å². The largest absolute Gasteiger partial charge is 0.503 e. The van der Waals surface area contributed by atoms with Crippen LogP contribution in [0.1, 0.15) is 27.0 Å². The van der Waals surface area contributed by atoms with Gasteiger partial charge < -0.3 is 19.0 Å². The molecule has 2 aromatic carbocycles. The number of hydrogen-bond acceptors (Lipinski definition) is 7. The van der Waals surface area contributed by atoms with E-state index in [1.165, 1.54) is 30.5 Å². The van der Waals surface area contributed by atoms with Crippen molar-refractivity contribution in [3.05, 3.63) is 87.5 Å². The highest BCUT2D eigenvalue weighted by Crippen LogP contribution is 2.45. The quantitative estimate of drug-likeness (QED) is 0.365. The summed E-state index contributed by atoms with van der Waals surface area (Å²) >= 11 is 1.41. The summed E-state index contributed by atoms with van der Waals surface area (Å²) in [5, 5.41) is 13.5. The summed E-state index contributed by atoms with van der Waals surface area (Å²) in [6.45, 7) is 1.91. The third-order valence-corrected chi connectivity index (χ3v) is 6.96. The van der Waals surface area contributed by atoms with E-state index in [2.05, 4.69) is 0 Å². The van der Waals surface area contributed by atoms with E-state index in [1.54, 1.807) is 48.5 Å². The number of amides is 1. The summed E-state index contributed by atoms with van der Waals surface area (Å²) in [5.74, 6) is -0.773. The Bertz CT molecular complexity index is 1460. The number of carbonyl (C=O) groups excluding carboxylic acids is 2. The van der Waals surface area contributed by atoms with E-state index in [0.29, 0.717) is 28.2 Å². The molecule has 172 valence electrons. The molecule has 3 heterocycles. The second-order valence-corrected chi connectivity index (χ2v) is 8.78. The lowest BCUT2D eigenvalue weighted by atomic mass is 9.98. The van der Waals surface area contributed by atoms with Crippen molar-refractivity contribution in [2.75, 3.05) is 19.1 Å². The third-order valence-electron chi connectivity index (χ3n) is 5.89. The molecule has 0 bridgehead atoms. The molecule has 0 saturated heterocycles. The fourth-order valence-corrected chi connectivity index (χ4v) is 5.24. The molecular formula is C26H21NO6S. The zero-order valence-corrected chi connectivity index (χ0v) is 19.5. The van der Waals surface area contributed by atoms with Crippen LogP contribution in [0.4, 0.5) is 5.69 Å². The molecule has 7 nitrogen and oxygen atoms in total. The number of ether oxygens (including phenoxy) is 2. The van der Waals surface area contributed by atoms with Crippen LogP contribution in [0.3, 0.4) is 0 Å². The van der Waals surface area contributed by atoms with Gasteiger partial charge in [-0.1, -0.05) is 18.2 Å². The molecule has 0 saturated carbocycles. The molecule has 1 aliphatic rings. The smallest absolute Gasteiger partial charge is 0.294 e. The van der Waals surface area contributed by atoms with Gasteiger partial charge in [-0.15, -0.1) is 11.3 Å². The predicted molar refractivity (Wildman–Crippen MR) is 129 cm³/mol. The van der Waals surface area contributed by atoms with Crippen molar-refractivity contribution in [2.45, 2.75) is 13.0 Å². The summed E-state index contributed by atoms with van der Waals surface area (Å²) in [6.07, 6.45) is 0. The van der Waals surface area contributed by atoms with E-state index in [9.17, 15) is 14.7 Å². The van der Waals surface area contributed by atoms with Gasteiger partial charge >= 0.3 is 0 Å². The molecule has 1 atom stereocenters. The van der Waals surface area contributed by atoms with Crippen LogP contribution in [-0.2, 0) is 4.79 Å². The van der Waals surface area contributed by atoms with Crippen LogP contribution in [-0.4, -0.2) is 31.0 Å². The van der Waals surface area contributed by atoms with Gasteiger partial charge in [0.15, 0.2) is 22.9 Å². The predicted octanol–water partition coefficient (Wildman–Crippen LogP) is 5.60. The van der Waals surface area contributed by atoms with Gasteiger partial charge in [0, 0.05) is 22.0 Å². The van der Waals surface area contributed by atoms with Crippen LogP contribution < -0.4 is 14.4 Å². The van der Waals surface area contributed by atoms with Crippen molar-refractivity contribution in [3.8, 4) is 11.5 Å². The lowest BCUT2D eigenvalue weighted by Crippen LogP contribution is -2.30. The molecule has 8 heteroatoms. The van der Waals surface area contributed by atoms with Crippen LogP contribution in [0, 0.1) is 6.92 Å². The fraction of sp³-hybridized carbons (Fsp3) is 0.154. The van der Waals surface area contributed by atoms with Gasteiger partial charge in [0.2, 0.25) is 5.78 Å². The Morgan fingerprint density at radius 1 is 1.09 bits per heavy atom. The van der Waals surface area contributed by atoms with Crippen molar-refractivity contribution in [1.29, 1.82) is 0 Å². The zero-order valence-electron chi connectivity index (χ0n) is 18.7. The number of ketones is 1. The first kappa shape index (κ1) is 21.8. The Morgan fingerprint density at radius 2 is 1.88 bits per heavy atom. The normalized spacial score (nSPS) is 15.9. The van der Waals surface area contributed by atoms with Crippen LogP contribution >= 0.6 is 11.3 Å². The van der Waals surface area contributed by atoms with Crippen LogP contribution in [0.15, 0.2) is 75.7 Å². The Labute approximate surface area is 199 Å². The standard InChI is InChI=1S/C26H21NO6S/c1-14-10-11-34-25(14)21-20(22(28)19-12-15-6-4-9-18(32-3)24(15)33-19)23(29)26(30)27(21)16-7-5-8-17(13-16)31-2/h4-13,21,29H,1-3H3. The van der Waals surface area contributed by atoms with E-state index < -0.39 is 23.5 Å². The first-order chi connectivity index (χ1) is 16.4. The molecular weight excluding hydrogens is 454 g/mol. The first-order valence-corrected chi connectivity index (χ1v) is 11.4. The van der Waals surface area contributed by atoms with Gasteiger partial charge in [-0.3, -0.25) is 14.5 Å². The first-order valence-electron chi connectivity index (χ1n) is 10.5. The molecule has 0 radical (unpaired) electrons. The molecule has 0 aliphatic carbocycles. The Morgan fingerprint density at radius 3 is 2.59 bits per heavy atom. The van der Waals surface area contributed by atoms with E-state index in [1.807, 2.05) is 18.4 Å². The number of fused-ring (bicyclic) bond motifs is 1. The minimum absolute atomic E-state index is 0.0144. The topological polar surface area (TPSA) is 89.2 Å². The van der Waals surface area contributed by atoms with Gasteiger partial charge in [-0.05, 0) is 48.2 Å². The Kier molecular flexibility index (Phi) is 5.37. The number of benzene rings is 2. The molecule has 1 N–H and O–H groups in total. The summed E-state index contributed by atoms with van der Waals surface area (Å²) < 4.78 is 16.5. The highest BCUT2D eigenvalue weighted by Gasteiger charge is 2.46. The number of thiophene rings is 1. The number of methoxy groups -OCH3 is 2. The van der Waals surface area contributed by atoms with Crippen molar-refractivity contribution in [1.82, 2.24) is 0 Å². The maximum atomic E-state index is 13.7. The molecule has 4 aromatic rings. The van der Waals surface area contributed by atoms with Gasteiger partial charge in [-0.25, -0.2) is 0 Å². The number of aliphatic hydroxyl groups excluding tert-OH is 1. The SMILES string of the molecule is COc1cccc(N2C(=O)C(O)=C(C(=O)c3cc4cccc(OC)c4o3)C2c2sccc2C)c1. The average Bonchev–Trinajstić information content (AvgIpc) is 3.54. The van der Waals surface area contributed by atoms with E-state index in [-0.39, 0.29) is 11.3 Å². The number of aryl methyl sites for hydroxylation is 1. The number of anilines is 1. The highest BCUT2D eigenvalue weighted by molar-refractivity contribution is 7.10. The van der Waals surface area contributed by atoms with E-state index in [0.717, 1.165) is 10.4 Å². The molecule has 0 fully saturated rings. The van der Waals surface area contributed by atoms with Crippen LogP contribution in [0.2, 0.25) is 0 Å². The van der Waals surface area contributed by atoms with Gasteiger partial charge in [-0.2, -0.15) is 0 Å². The van der Waals surface area contributed by atoms with Crippen molar-refractivity contribution in [3.63, 3.8) is 0 Å². The number of hydrogen-bond donors (Lipinski definition) is 1. The van der Waals surface area contributed by atoms with Gasteiger partial charge in [0.25, 0.3) is 5.91 Å². The number of rotatable bonds is 6. The van der Waals surface area contributed by atoms with E-state index in [4.69, 9.17) is 13.9 Å². The van der Waals surface area contributed by atoms with E-state index >= 15 is 0 Å². The number of nitrogens with zero attached hydrogens (tertiary/aromatic N) is 1. The van der Waals surface area contributed by atoms with Crippen molar-refractivity contribution < 1.29 is 28.6 Å².